The minimum atomic E-state index is -3.68. The first kappa shape index (κ1) is 11.9. The van der Waals surface area contributed by atoms with Gasteiger partial charge in [-0.3, -0.25) is 4.72 Å². The summed E-state index contributed by atoms with van der Waals surface area (Å²) in [6, 6.07) is 6.61. The summed E-state index contributed by atoms with van der Waals surface area (Å²) in [5.41, 5.74) is 0.333. The SMILES string of the molecule is Cn1cnc(S(=O)(=O)Nc2ccccc2Cl)c1. The maximum absolute atomic E-state index is 11.9. The number of imidazole rings is 1. The van der Waals surface area contributed by atoms with Crippen molar-refractivity contribution in [2.75, 3.05) is 4.72 Å². The van der Waals surface area contributed by atoms with Crippen LogP contribution in [-0.4, -0.2) is 18.0 Å². The summed E-state index contributed by atoms with van der Waals surface area (Å²) in [5.74, 6) is 0. The van der Waals surface area contributed by atoms with Crippen LogP contribution < -0.4 is 4.72 Å². The van der Waals surface area contributed by atoms with Gasteiger partial charge in [0.2, 0.25) is 0 Å². The molecule has 0 spiro atoms. The van der Waals surface area contributed by atoms with Crippen LogP contribution in [0.5, 0.6) is 0 Å². The predicted molar refractivity (Wildman–Crippen MR) is 65.5 cm³/mol. The second-order valence-electron chi connectivity index (χ2n) is 3.46. The molecule has 0 fully saturated rings. The van der Waals surface area contributed by atoms with Gasteiger partial charge in [-0.15, -0.1) is 0 Å². The third-order valence-corrected chi connectivity index (χ3v) is 3.65. The molecule has 0 radical (unpaired) electrons. The summed E-state index contributed by atoms with van der Waals surface area (Å²) in [7, 11) is -1.99. The van der Waals surface area contributed by atoms with E-state index in [2.05, 4.69) is 9.71 Å². The Kier molecular flexibility index (Phi) is 3.08. The molecule has 2 rings (SSSR count). The third-order valence-electron chi connectivity index (χ3n) is 2.07. The molecular formula is C10H10ClN3O2S. The molecule has 2 aromatic rings. The van der Waals surface area contributed by atoms with Gasteiger partial charge in [-0.1, -0.05) is 23.7 Å². The van der Waals surface area contributed by atoms with Gasteiger partial charge in [0.25, 0.3) is 10.0 Å². The summed E-state index contributed by atoms with van der Waals surface area (Å²) >= 11 is 5.87. The molecule has 1 heterocycles. The standard InChI is InChI=1S/C10H10ClN3O2S/c1-14-6-10(12-7-14)17(15,16)13-9-5-3-2-4-8(9)11/h2-7,13H,1H3. The first-order chi connectivity index (χ1) is 7.99. The van der Waals surface area contributed by atoms with Crippen LogP contribution in [0.2, 0.25) is 5.02 Å². The molecule has 0 amide bonds. The van der Waals surface area contributed by atoms with E-state index in [1.165, 1.54) is 12.5 Å². The number of sulfonamides is 1. The zero-order chi connectivity index (χ0) is 12.5. The minimum absolute atomic E-state index is 0.0417. The summed E-state index contributed by atoms with van der Waals surface area (Å²) in [6.07, 6.45) is 2.83. The van der Waals surface area contributed by atoms with Gasteiger partial charge in [0.15, 0.2) is 5.03 Å². The number of aryl methyl sites for hydroxylation is 1. The molecule has 0 saturated heterocycles. The highest BCUT2D eigenvalue weighted by molar-refractivity contribution is 7.92. The Hall–Kier alpha value is -1.53. The van der Waals surface area contributed by atoms with Gasteiger partial charge in [0.1, 0.15) is 0 Å². The molecule has 1 aromatic carbocycles. The van der Waals surface area contributed by atoms with Crippen molar-refractivity contribution in [3.05, 3.63) is 41.8 Å². The summed E-state index contributed by atoms with van der Waals surface area (Å²) in [4.78, 5) is 3.78. The van der Waals surface area contributed by atoms with Crippen LogP contribution in [0.1, 0.15) is 0 Å². The zero-order valence-electron chi connectivity index (χ0n) is 8.96. The van der Waals surface area contributed by atoms with Crippen molar-refractivity contribution in [2.45, 2.75) is 5.03 Å². The Morgan fingerprint density at radius 1 is 1.35 bits per heavy atom. The molecule has 0 bridgehead atoms. The number of para-hydroxylation sites is 1. The second kappa shape index (κ2) is 4.38. The molecule has 0 aliphatic carbocycles. The van der Waals surface area contributed by atoms with Crippen molar-refractivity contribution < 1.29 is 8.42 Å². The van der Waals surface area contributed by atoms with Crippen LogP contribution in [0.4, 0.5) is 5.69 Å². The average Bonchev–Trinajstić information content (AvgIpc) is 2.69. The summed E-state index contributed by atoms with van der Waals surface area (Å²) < 4.78 is 27.8. The number of hydrogen-bond donors (Lipinski definition) is 1. The lowest BCUT2D eigenvalue weighted by Crippen LogP contribution is -2.13. The fourth-order valence-corrected chi connectivity index (χ4v) is 2.57. The monoisotopic (exact) mass is 271 g/mol. The number of aromatic nitrogens is 2. The van der Waals surface area contributed by atoms with Gasteiger partial charge in [0, 0.05) is 13.2 Å². The van der Waals surface area contributed by atoms with Crippen LogP contribution in [0.15, 0.2) is 41.8 Å². The van der Waals surface area contributed by atoms with Gasteiger partial charge >= 0.3 is 0 Å². The normalized spacial score (nSPS) is 11.4. The quantitative estimate of drug-likeness (QED) is 0.927. The van der Waals surface area contributed by atoms with Crippen LogP contribution in [-0.2, 0) is 17.1 Å². The van der Waals surface area contributed by atoms with Gasteiger partial charge in [0.05, 0.1) is 17.0 Å². The van der Waals surface area contributed by atoms with Crippen molar-refractivity contribution in [3.63, 3.8) is 0 Å². The number of nitrogens with zero attached hydrogens (tertiary/aromatic N) is 2. The van der Waals surface area contributed by atoms with E-state index in [-0.39, 0.29) is 5.03 Å². The van der Waals surface area contributed by atoms with Crippen LogP contribution in [0.25, 0.3) is 0 Å². The number of halogens is 1. The van der Waals surface area contributed by atoms with Crippen LogP contribution in [0.3, 0.4) is 0 Å². The minimum Gasteiger partial charge on any atom is -0.339 e. The van der Waals surface area contributed by atoms with E-state index in [0.717, 1.165) is 0 Å². The van der Waals surface area contributed by atoms with Crippen molar-refractivity contribution in [1.29, 1.82) is 0 Å². The lowest BCUT2D eigenvalue weighted by Gasteiger charge is -2.06. The largest absolute Gasteiger partial charge is 0.339 e. The molecule has 90 valence electrons. The smallest absolute Gasteiger partial charge is 0.280 e. The van der Waals surface area contributed by atoms with E-state index in [1.807, 2.05) is 0 Å². The highest BCUT2D eigenvalue weighted by Crippen LogP contribution is 2.23. The summed E-state index contributed by atoms with van der Waals surface area (Å²) in [6.45, 7) is 0. The Balaban J connectivity index is 2.33. The highest BCUT2D eigenvalue weighted by Gasteiger charge is 2.17. The van der Waals surface area contributed by atoms with Crippen molar-refractivity contribution in [1.82, 2.24) is 9.55 Å². The molecule has 0 saturated carbocycles. The Bertz CT molecular complexity index is 637. The summed E-state index contributed by atoms with van der Waals surface area (Å²) in [5, 5.41) is 0.298. The third kappa shape index (κ3) is 2.59. The first-order valence-corrected chi connectivity index (χ1v) is 6.60. The van der Waals surface area contributed by atoms with E-state index in [9.17, 15) is 8.42 Å². The lowest BCUT2D eigenvalue weighted by atomic mass is 10.3. The molecule has 0 aliphatic rings. The zero-order valence-corrected chi connectivity index (χ0v) is 10.5. The fraction of sp³-hybridized carbons (Fsp3) is 0.100. The van der Waals surface area contributed by atoms with Gasteiger partial charge in [-0.2, -0.15) is 8.42 Å². The first-order valence-electron chi connectivity index (χ1n) is 4.74. The van der Waals surface area contributed by atoms with E-state index < -0.39 is 10.0 Å². The van der Waals surface area contributed by atoms with E-state index in [1.54, 1.807) is 35.9 Å². The molecule has 17 heavy (non-hydrogen) atoms. The fourth-order valence-electron chi connectivity index (χ4n) is 1.27. The maximum Gasteiger partial charge on any atom is 0.280 e. The van der Waals surface area contributed by atoms with E-state index in [0.29, 0.717) is 10.7 Å². The van der Waals surface area contributed by atoms with E-state index in [4.69, 9.17) is 11.6 Å². The number of hydrogen-bond acceptors (Lipinski definition) is 3. The molecule has 0 unspecified atom stereocenters. The van der Waals surface area contributed by atoms with E-state index >= 15 is 0 Å². The maximum atomic E-state index is 11.9. The number of benzene rings is 1. The second-order valence-corrected chi connectivity index (χ2v) is 5.50. The predicted octanol–water partition coefficient (Wildman–Crippen LogP) is 1.87. The molecule has 1 aromatic heterocycles. The molecular weight excluding hydrogens is 262 g/mol. The average molecular weight is 272 g/mol. The Morgan fingerprint density at radius 2 is 2.06 bits per heavy atom. The number of rotatable bonds is 3. The van der Waals surface area contributed by atoms with Gasteiger partial charge < -0.3 is 4.57 Å². The number of anilines is 1. The van der Waals surface area contributed by atoms with Crippen LogP contribution in [0, 0.1) is 0 Å². The lowest BCUT2D eigenvalue weighted by molar-refractivity contribution is 0.598. The van der Waals surface area contributed by atoms with Crippen molar-refractivity contribution in [3.8, 4) is 0 Å². The molecule has 5 nitrogen and oxygen atoms in total. The molecule has 0 atom stereocenters. The Labute approximate surface area is 104 Å². The van der Waals surface area contributed by atoms with Crippen LogP contribution >= 0.6 is 11.6 Å². The number of nitrogens with one attached hydrogen (secondary N) is 1. The highest BCUT2D eigenvalue weighted by atomic mass is 35.5. The topological polar surface area (TPSA) is 64.0 Å². The molecule has 0 aliphatic heterocycles. The van der Waals surface area contributed by atoms with Crippen molar-refractivity contribution >= 4 is 27.3 Å². The van der Waals surface area contributed by atoms with Gasteiger partial charge in [-0.25, -0.2) is 4.98 Å². The molecule has 1 N–H and O–H groups in total. The van der Waals surface area contributed by atoms with Crippen molar-refractivity contribution in [2.24, 2.45) is 7.05 Å². The molecule has 7 heteroatoms. The Morgan fingerprint density at radius 3 is 2.65 bits per heavy atom. The van der Waals surface area contributed by atoms with Gasteiger partial charge in [-0.05, 0) is 12.1 Å².